The van der Waals surface area contributed by atoms with Crippen molar-refractivity contribution < 1.29 is 9.18 Å². The molecule has 1 heterocycles. The molecular formula is C11H11FN4OS2. The molecule has 0 atom stereocenters. The molecule has 0 saturated carbocycles. The van der Waals surface area contributed by atoms with Crippen molar-refractivity contribution >= 4 is 39.8 Å². The first-order valence-electron chi connectivity index (χ1n) is 5.32. The molecule has 0 unspecified atom stereocenters. The first-order valence-corrected chi connectivity index (χ1v) is 7.12. The van der Waals surface area contributed by atoms with Gasteiger partial charge in [-0.3, -0.25) is 4.79 Å². The van der Waals surface area contributed by atoms with E-state index in [2.05, 4.69) is 15.5 Å². The van der Waals surface area contributed by atoms with Crippen LogP contribution in [0.25, 0.3) is 0 Å². The minimum atomic E-state index is -0.345. The van der Waals surface area contributed by atoms with Crippen molar-refractivity contribution in [1.29, 1.82) is 0 Å². The van der Waals surface area contributed by atoms with Crippen LogP contribution < -0.4 is 11.1 Å². The SMILES string of the molecule is Cc1ccc(NC(=O)CSc2nnc(N)s2)cc1F. The lowest BCUT2D eigenvalue weighted by atomic mass is 10.2. The fourth-order valence-electron chi connectivity index (χ4n) is 1.27. The Bertz CT molecular complexity index is 602. The first kappa shape index (κ1) is 13.8. The van der Waals surface area contributed by atoms with E-state index in [0.29, 0.717) is 20.7 Å². The summed E-state index contributed by atoms with van der Waals surface area (Å²) < 4.78 is 13.9. The number of nitrogens with two attached hydrogens (primary N) is 1. The first-order chi connectivity index (χ1) is 9.04. The van der Waals surface area contributed by atoms with Gasteiger partial charge < -0.3 is 11.1 Å². The van der Waals surface area contributed by atoms with E-state index in [1.54, 1.807) is 19.1 Å². The van der Waals surface area contributed by atoms with Crippen LogP contribution in [0.4, 0.5) is 15.2 Å². The summed E-state index contributed by atoms with van der Waals surface area (Å²) in [4.78, 5) is 11.7. The van der Waals surface area contributed by atoms with Gasteiger partial charge >= 0.3 is 0 Å². The van der Waals surface area contributed by atoms with Gasteiger partial charge in [0.15, 0.2) is 4.34 Å². The molecule has 19 heavy (non-hydrogen) atoms. The number of rotatable bonds is 4. The average Bonchev–Trinajstić information content (AvgIpc) is 2.77. The zero-order valence-electron chi connectivity index (χ0n) is 10.0. The molecule has 2 rings (SSSR count). The second kappa shape index (κ2) is 5.98. The Labute approximate surface area is 117 Å². The molecule has 100 valence electrons. The van der Waals surface area contributed by atoms with Crippen LogP contribution in [0, 0.1) is 12.7 Å². The second-order valence-corrected chi connectivity index (χ2v) is 5.94. The fraction of sp³-hybridized carbons (Fsp3) is 0.182. The Balaban J connectivity index is 1.88. The zero-order valence-corrected chi connectivity index (χ0v) is 11.6. The van der Waals surface area contributed by atoms with Crippen LogP contribution in [-0.4, -0.2) is 21.9 Å². The number of carbonyl (C=O) groups excluding carboxylic acids is 1. The number of amides is 1. The summed E-state index contributed by atoms with van der Waals surface area (Å²) in [7, 11) is 0. The van der Waals surface area contributed by atoms with Crippen molar-refractivity contribution in [3.05, 3.63) is 29.6 Å². The Kier molecular flexibility index (Phi) is 4.33. The molecule has 1 aromatic carbocycles. The van der Waals surface area contributed by atoms with Crippen molar-refractivity contribution in [2.45, 2.75) is 11.3 Å². The molecule has 5 nitrogen and oxygen atoms in total. The molecule has 1 aromatic heterocycles. The minimum Gasteiger partial charge on any atom is -0.374 e. The monoisotopic (exact) mass is 298 g/mol. The predicted octanol–water partition coefficient (Wildman–Crippen LogP) is 2.30. The van der Waals surface area contributed by atoms with Crippen molar-refractivity contribution in [1.82, 2.24) is 10.2 Å². The van der Waals surface area contributed by atoms with E-state index in [1.165, 1.54) is 29.2 Å². The number of benzene rings is 1. The zero-order chi connectivity index (χ0) is 13.8. The number of thioether (sulfide) groups is 1. The average molecular weight is 298 g/mol. The summed E-state index contributed by atoms with van der Waals surface area (Å²) in [6.45, 7) is 1.66. The summed E-state index contributed by atoms with van der Waals surface area (Å²) in [6, 6.07) is 4.56. The van der Waals surface area contributed by atoms with E-state index in [9.17, 15) is 9.18 Å². The number of nitrogen functional groups attached to an aromatic ring is 1. The molecule has 0 fully saturated rings. The standard InChI is InChI=1S/C11H11FN4OS2/c1-6-2-3-7(4-8(6)12)14-9(17)5-18-11-16-15-10(13)19-11/h2-4H,5H2,1H3,(H2,13,15)(H,14,17). The second-order valence-electron chi connectivity index (χ2n) is 3.71. The fourth-order valence-corrected chi connectivity index (χ4v) is 2.71. The lowest BCUT2D eigenvalue weighted by molar-refractivity contribution is -0.113. The van der Waals surface area contributed by atoms with E-state index in [4.69, 9.17) is 5.73 Å². The number of carbonyl (C=O) groups is 1. The van der Waals surface area contributed by atoms with Crippen molar-refractivity contribution in [2.75, 3.05) is 16.8 Å². The van der Waals surface area contributed by atoms with E-state index in [1.807, 2.05) is 0 Å². The summed E-state index contributed by atoms with van der Waals surface area (Å²) in [5.41, 5.74) is 6.40. The van der Waals surface area contributed by atoms with Crippen molar-refractivity contribution in [3.63, 3.8) is 0 Å². The van der Waals surface area contributed by atoms with E-state index < -0.39 is 0 Å². The lowest BCUT2D eigenvalue weighted by Crippen LogP contribution is -2.14. The maximum atomic E-state index is 13.3. The van der Waals surface area contributed by atoms with Gasteiger partial charge in [-0.25, -0.2) is 4.39 Å². The highest BCUT2D eigenvalue weighted by molar-refractivity contribution is 8.01. The summed E-state index contributed by atoms with van der Waals surface area (Å²) in [5, 5.41) is 10.4. The topological polar surface area (TPSA) is 80.9 Å². The Morgan fingerprint density at radius 1 is 1.53 bits per heavy atom. The van der Waals surface area contributed by atoms with Crippen LogP contribution in [-0.2, 0) is 4.79 Å². The van der Waals surface area contributed by atoms with Crippen LogP contribution in [0.3, 0.4) is 0 Å². The maximum absolute atomic E-state index is 13.3. The van der Waals surface area contributed by atoms with Crippen molar-refractivity contribution in [2.24, 2.45) is 0 Å². The largest absolute Gasteiger partial charge is 0.374 e. The lowest BCUT2D eigenvalue weighted by Gasteiger charge is -2.05. The van der Waals surface area contributed by atoms with Crippen LogP contribution in [0.5, 0.6) is 0 Å². The highest BCUT2D eigenvalue weighted by Crippen LogP contribution is 2.23. The number of hydrogen-bond donors (Lipinski definition) is 2. The highest BCUT2D eigenvalue weighted by Gasteiger charge is 2.08. The third kappa shape index (κ3) is 3.90. The summed E-state index contributed by atoms with van der Waals surface area (Å²) in [6.07, 6.45) is 0. The van der Waals surface area contributed by atoms with Gasteiger partial charge in [-0.1, -0.05) is 29.2 Å². The van der Waals surface area contributed by atoms with Crippen LogP contribution >= 0.6 is 23.1 Å². The predicted molar refractivity (Wildman–Crippen MR) is 74.8 cm³/mol. The molecule has 0 aliphatic rings. The van der Waals surface area contributed by atoms with Crippen LogP contribution in [0.2, 0.25) is 0 Å². The summed E-state index contributed by atoms with van der Waals surface area (Å²) in [5.74, 6) is -0.409. The normalized spacial score (nSPS) is 10.4. The molecule has 0 spiro atoms. The van der Waals surface area contributed by atoms with Crippen LogP contribution in [0.1, 0.15) is 5.56 Å². The quantitative estimate of drug-likeness (QED) is 0.847. The molecule has 3 N–H and O–H groups in total. The number of anilines is 2. The Morgan fingerprint density at radius 3 is 2.95 bits per heavy atom. The Hall–Kier alpha value is -1.67. The third-order valence-electron chi connectivity index (χ3n) is 2.20. The number of nitrogens with zero attached hydrogens (tertiary/aromatic N) is 2. The molecule has 1 amide bonds. The van der Waals surface area contributed by atoms with Gasteiger partial charge in [-0.2, -0.15) is 0 Å². The molecular weight excluding hydrogens is 287 g/mol. The van der Waals surface area contributed by atoms with Gasteiger partial charge in [-0.15, -0.1) is 10.2 Å². The summed E-state index contributed by atoms with van der Waals surface area (Å²) >= 11 is 2.45. The smallest absolute Gasteiger partial charge is 0.234 e. The molecule has 0 aliphatic carbocycles. The molecule has 0 radical (unpaired) electrons. The maximum Gasteiger partial charge on any atom is 0.234 e. The molecule has 8 heteroatoms. The molecule has 0 saturated heterocycles. The third-order valence-corrected chi connectivity index (χ3v) is 4.09. The van der Waals surface area contributed by atoms with Gasteiger partial charge in [-0.05, 0) is 24.6 Å². The minimum absolute atomic E-state index is 0.171. The van der Waals surface area contributed by atoms with Crippen LogP contribution in [0.15, 0.2) is 22.5 Å². The number of halogens is 1. The molecule has 0 bridgehead atoms. The van der Waals surface area contributed by atoms with Gasteiger partial charge in [0.1, 0.15) is 5.82 Å². The Morgan fingerprint density at radius 2 is 2.32 bits per heavy atom. The number of hydrogen-bond acceptors (Lipinski definition) is 6. The number of aromatic nitrogens is 2. The van der Waals surface area contributed by atoms with Crippen molar-refractivity contribution in [3.8, 4) is 0 Å². The van der Waals surface area contributed by atoms with E-state index >= 15 is 0 Å². The molecule has 2 aromatic rings. The van der Waals surface area contributed by atoms with Gasteiger partial charge in [0.05, 0.1) is 5.75 Å². The van der Waals surface area contributed by atoms with E-state index in [0.717, 1.165) is 0 Å². The van der Waals surface area contributed by atoms with Gasteiger partial charge in [0, 0.05) is 5.69 Å². The number of aryl methyl sites for hydroxylation is 1. The highest BCUT2D eigenvalue weighted by atomic mass is 32.2. The van der Waals surface area contributed by atoms with Gasteiger partial charge in [0.25, 0.3) is 0 Å². The number of nitrogens with one attached hydrogen (secondary N) is 1. The van der Waals surface area contributed by atoms with E-state index in [-0.39, 0.29) is 17.5 Å². The van der Waals surface area contributed by atoms with Gasteiger partial charge in [0.2, 0.25) is 11.0 Å². The molecule has 0 aliphatic heterocycles.